The fraction of sp³-hybridized carbons (Fsp3) is 0.161. The average molecular weight is 589 g/mol. The predicted molar refractivity (Wildman–Crippen MR) is 156 cm³/mol. The van der Waals surface area contributed by atoms with Crippen LogP contribution in [0.15, 0.2) is 93.9 Å². The van der Waals surface area contributed by atoms with E-state index in [4.69, 9.17) is 25.8 Å². The molecular weight excluding hydrogens is 564 g/mol. The number of nitrogens with zero attached hydrogens (tertiary/aromatic N) is 2. The summed E-state index contributed by atoms with van der Waals surface area (Å²) in [5.74, 6) is -0.1000. The molecule has 0 aliphatic carbocycles. The van der Waals surface area contributed by atoms with Gasteiger partial charge < -0.3 is 14.2 Å². The summed E-state index contributed by atoms with van der Waals surface area (Å²) >= 11 is 7.32. The smallest absolute Gasteiger partial charge is 0.345 e. The standard InChI is InChI=1S/C31H25ClN2O6S/c1-4-39-30(37)26-18(2)33-31-34(27(26)20-11-15-21(38-3)16-12-20)28(35)25(41-31)17-19-9-13-22(14-10-19)40-29(36)23-7-5-6-8-24(23)32/h5-17,27H,4H2,1-3H3/t27-/m0/s1. The van der Waals surface area contributed by atoms with Crippen LogP contribution in [0.1, 0.15) is 41.4 Å². The van der Waals surface area contributed by atoms with E-state index in [0.29, 0.717) is 37.1 Å². The minimum atomic E-state index is -0.718. The summed E-state index contributed by atoms with van der Waals surface area (Å²) in [6.07, 6.45) is 1.73. The third kappa shape index (κ3) is 5.73. The van der Waals surface area contributed by atoms with Crippen LogP contribution >= 0.6 is 22.9 Å². The molecule has 0 unspecified atom stereocenters. The molecule has 0 saturated carbocycles. The maximum Gasteiger partial charge on any atom is 0.345 e. The van der Waals surface area contributed by atoms with Crippen LogP contribution in [0.5, 0.6) is 11.5 Å². The maximum atomic E-state index is 13.8. The first kappa shape index (κ1) is 28.1. The van der Waals surface area contributed by atoms with E-state index in [-0.39, 0.29) is 17.7 Å². The van der Waals surface area contributed by atoms with Gasteiger partial charge in [-0.1, -0.05) is 59.3 Å². The zero-order valence-electron chi connectivity index (χ0n) is 22.4. The number of benzene rings is 3. The molecule has 1 aromatic heterocycles. The number of rotatable bonds is 7. The number of esters is 2. The Labute approximate surface area is 244 Å². The number of hydrogen-bond donors (Lipinski definition) is 0. The number of carbonyl (C=O) groups is 2. The average Bonchev–Trinajstić information content (AvgIpc) is 3.27. The largest absolute Gasteiger partial charge is 0.497 e. The monoisotopic (exact) mass is 588 g/mol. The van der Waals surface area contributed by atoms with Crippen LogP contribution in [0.4, 0.5) is 0 Å². The highest BCUT2D eigenvalue weighted by atomic mass is 35.5. The molecule has 1 aliphatic heterocycles. The van der Waals surface area contributed by atoms with Crippen LogP contribution in [-0.4, -0.2) is 30.2 Å². The lowest BCUT2D eigenvalue weighted by molar-refractivity contribution is -0.139. The normalized spacial score (nSPS) is 14.7. The Morgan fingerprint density at radius 2 is 1.68 bits per heavy atom. The van der Waals surface area contributed by atoms with E-state index < -0.39 is 18.0 Å². The number of halogens is 1. The number of aromatic nitrogens is 1. The third-order valence-corrected chi connectivity index (χ3v) is 7.74. The molecular formula is C31H25ClN2O6S. The van der Waals surface area contributed by atoms with Crippen molar-refractivity contribution in [1.29, 1.82) is 0 Å². The zero-order valence-corrected chi connectivity index (χ0v) is 24.0. The van der Waals surface area contributed by atoms with Crippen molar-refractivity contribution in [3.05, 3.63) is 125 Å². The van der Waals surface area contributed by atoms with E-state index in [9.17, 15) is 14.4 Å². The minimum Gasteiger partial charge on any atom is -0.497 e. The summed E-state index contributed by atoms with van der Waals surface area (Å²) < 4.78 is 18.0. The van der Waals surface area contributed by atoms with Gasteiger partial charge in [-0.05, 0) is 67.4 Å². The molecule has 2 heterocycles. The Morgan fingerprint density at radius 1 is 1.00 bits per heavy atom. The van der Waals surface area contributed by atoms with Crippen molar-refractivity contribution in [2.75, 3.05) is 13.7 Å². The fourth-order valence-corrected chi connectivity index (χ4v) is 5.72. The summed E-state index contributed by atoms with van der Waals surface area (Å²) in [6, 6.07) is 19.9. The Kier molecular flexibility index (Phi) is 8.19. The number of allylic oxidation sites excluding steroid dienone is 1. The third-order valence-electron chi connectivity index (χ3n) is 6.43. The van der Waals surface area contributed by atoms with Crippen LogP contribution < -0.4 is 24.4 Å². The number of thiazole rings is 1. The summed E-state index contributed by atoms with van der Waals surface area (Å²) in [4.78, 5) is 44.3. The first-order valence-corrected chi connectivity index (χ1v) is 13.9. The predicted octanol–water partition coefficient (Wildman–Crippen LogP) is 4.68. The number of hydrogen-bond acceptors (Lipinski definition) is 8. The first-order chi connectivity index (χ1) is 19.8. The van der Waals surface area contributed by atoms with Crippen molar-refractivity contribution in [1.82, 2.24) is 4.57 Å². The molecule has 1 atom stereocenters. The highest BCUT2D eigenvalue weighted by Gasteiger charge is 2.33. The van der Waals surface area contributed by atoms with Crippen molar-refractivity contribution in [3.8, 4) is 11.5 Å². The molecule has 0 spiro atoms. The Balaban J connectivity index is 1.51. The van der Waals surface area contributed by atoms with Crippen LogP contribution in [0, 0.1) is 0 Å². The van der Waals surface area contributed by atoms with Gasteiger partial charge in [0.15, 0.2) is 4.80 Å². The summed E-state index contributed by atoms with van der Waals surface area (Å²) in [7, 11) is 1.57. The topological polar surface area (TPSA) is 96.2 Å². The first-order valence-electron chi connectivity index (χ1n) is 12.7. The molecule has 0 amide bonds. The molecule has 41 heavy (non-hydrogen) atoms. The highest BCUT2D eigenvalue weighted by molar-refractivity contribution is 7.07. The zero-order chi connectivity index (χ0) is 29.1. The molecule has 8 nitrogen and oxygen atoms in total. The quantitative estimate of drug-likeness (QED) is 0.230. The van der Waals surface area contributed by atoms with Crippen LogP contribution in [0.25, 0.3) is 6.08 Å². The number of ether oxygens (including phenoxy) is 3. The summed E-state index contributed by atoms with van der Waals surface area (Å²) in [6.45, 7) is 3.66. The molecule has 0 N–H and O–H groups in total. The molecule has 0 radical (unpaired) electrons. The fourth-order valence-electron chi connectivity index (χ4n) is 4.47. The molecule has 0 fully saturated rings. The van der Waals surface area contributed by atoms with Gasteiger partial charge in [-0.2, -0.15) is 0 Å². The minimum absolute atomic E-state index is 0.194. The lowest BCUT2D eigenvalue weighted by Gasteiger charge is -2.24. The second-order valence-corrected chi connectivity index (χ2v) is 10.4. The van der Waals surface area contributed by atoms with Gasteiger partial charge in [-0.25, -0.2) is 14.6 Å². The van der Waals surface area contributed by atoms with E-state index in [1.165, 1.54) is 15.9 Å². The van der Waals surface area contributed by atoms with Crippen molar-refractivity contribution in [2.24, 2.45) is 4.99 Å². The van der Waals surface area contributed by atoms with Gasteiger partial charge in [-0.15, -0.1) is 0 Å². The van der Waals surface area contributed by atoms with Gasteiger partial charge in [-0.3, -0.25) is 9.36 Å². The molecule has 4 aromatic rings. The Morgan fingerprint density at radius 3 is 2.34 bits per heavy atom. The van der Waals surface area contributed by atoms with Gasteiger partial charge in [0, 0.05) is 0 Å². The van der Waals surface area contributed by atoms with E-state index in [1.54, 1.807) is 87.7 Å². The van der Waals surface area contributed by atoms with Gasteiger partial charge >= 0.3 is 11.9 Å². The lowest BCUT2D eigenvalue weighted by atomic mass is 9.96. The number of fused-ring (bicyclic) bond motifs is 1. The van der Waals surface area contributed by atoms with Gasteiger partial charge in [0.1, 0.15) is 11.5 Å². The molecule has 0 bridgehead atoms. The highest BCUT2D eigenvalue weighted by Crippen LogP contribution is 2.31. The second kappa shape index (κ2) is 12.0. The van der Waals surface area contributed by atoms with Gasteiger partial charge in [0.25, 0.3) is 5.56 Å². The van der Waals surface area contributed by atoms with Gasteiger partial charge in [0.05, 0.1) is 46.1 Å². The molecule has 1 aliphatic rings. The van der Waals surface area contributed by atoms with Crippen molar-refractivity contribution >= 4 is 41.0 Å². The SMILES string of the molecule is CCOC(=O)C1=C(C)N=c2sc(=Cc3ccc(OC(=O)c4ccccc4Cl)cc3)c(=O)n2[C@H]1c1ccc(OC)cc1. The van der Waals surface area contributed by atoms with Gasteiger partial charge in [0.2, 0.25) is 0 Å². The molecule has 5 rings (SSSR count). The van der Waals surface area contributed by atoms with Crippen molar-refractivity contribution in [2.45, 2.75) is 19.9 Å². The lowest BCUT2D eigenvalue weighted by Crippen LogP contribution is -2.39. The molecule has 208 valence electrons. The van der Waals surface area contributed by atoms with E-state index in [0.717, 1.165) is 11.1 Å². The van der Waals surface area contributed by atoms with E-state index >= 15 is 0 Å². The number of methoxy groups -OCH3 is 1. The Hall–Kier alpha value is -4.47. The molecule has 0 saturated heterocycles. The van der Waals surface area contributed by atoms with Crippen LogP contribution in [0.3, 0.4) is 0 Å². The van der Waals surface area contributed by atoms with Crippen LogP contribution in [-0.2, 0) is 9.53 Å². The summed E-state index contributed by atoms with van der Waals surface area (Å²) in [5, 5.41) is 0.304. The van der Waals surface area contributed by atoms with Crippen molar-refractivity contribution < 1.29 is 23.8 Å². The maximum absolute atomic E-state index is 13.8. The molecule has 10 heteroatoms. The van der Waals surface area contributed by atoms with Crippen LogP contribution in [0.2, 0.25) is 5.02 Å². The van der Waals surface area contributed by atoms with E-state index in [1.807, 2.05) is 12.1 Å². The summed E-state index contributed by atoms with van der Waals surface area (Å²) in [5.41, 5.74) is 2.21. The molecule has 3 aromatic carbocycles. The Bertz CT molecular complexity index is 1840. The van der Waals surface area contributed by atoms with E-state index in [2.05, 4.69) is 4.99 Å². The van der Waals surface area contributed by atoms with Crippen molar-refractivity contribution in [3.63, 3.8) is 0 Å². The second-order valence-electron chi connectivity index (χ2n) is 9.01. The number of carbonyl (C=O) groups excluding carboxylic acids is 2.